The molecule has 1 aromatic carbocycles. The molecule has 0 aliphatic heterocycles. The molecule has 0 aliphatic rings. The summed E-state index contributed by atoms with van der Waals surface area (Å²) in [5.74, 6) is 1.63. The van der Waals surface area contributed by atoms with Gasteiger partial charge in [-0.2, -0.15) is 0 Å². The van der Waals surface area contributed by atoms with Crippen LogP contribution in [-0.2, 0) is 16.0 Å². The Kier molecular flexibility index (Phi) is 7.61. The highest BCUT2D eigenvalue weighted by molar-refractivity contribution is 5.90. The topological polar surface area (TPSA) is 89.5 Å². The van der Waals surface area contributed by atoms with Crippen molar-refractivity contribution < 1.29 is 19.1 Å². The Morgan fingerprint density at radius 1 is 1.04 bits per heavy atom. The zero-order valence-electron chi connectivity index (χ0n) is 15.9. The van der Waals surface area contributed by atoms with Crippen LogP contribution in [-0.4, -0.2) is 37.6 Å². The lowest BCUT2D eigenvalue weighted by molar-refractivity contribution is -0.121. The van der Waals surface area contributed by atoms with Crippen LogP contribution in [0, 0.1) is 6.92 Å². The number of pyridine rings is 1. The lowest BCUT2D eigenvalue weighted by Crippen LogP contribution is -2.28. The van der Waals surface area contributed by atoms with Gasteiger partial charge < -0.3 is 20.1 Å². The summed E-state index contributed by atoms with van der Waals surface area (Å²) in [7, 11) is 3.18. The largest absolute Gasteiger partial charge is 0.497 e. The molecule has 2 aromatic rings. The van der Waals surface area contributed by atoms with Crippen molar-refractivity contribution in [1.82, 2.24) is 10.3 Å². The summed E-state index contributed by atoms with van der Waals surface area (Å²) in [6, 6.07) is 10.9. The van der Waals surface area contributed by atoms with Crippen LogP contribution in [0.15, 0.2) is 36.4 Å². The molecule has 2 N–H and O–H groups in total. The van der Waals surface area contributed by atoms with E-state index in [0.29, 0.717) is 30.2 Å². The number of rotatable bonds is 9. The smallest absolute Gasteiger partial charge is 0.227 e. The van der Waals surface area contributed by atoms with Crippen molar-refractivity contribution >= 4 is 17.6 Å². The molecule has 144 valence electrons. The summed E-state index contributed by atoms with van der Waals surface area (Å²) >= 11 is 0. The molecule has 0 aliphatic carbocycles. The molecule has 7 heteroatoms. The van der Waals surface area contributed by atoms with Crippen molar-refractivity contribution in [3.8, 4) is 11.5 Å². The number of benzene rings is 1. The number of aryl methyl sites for hydroxylation is 2. The molecular weight excluding hydrogens is 346 g/mol. The minimum Gasteiger partial charge on any atom is -0.497 e. The van der Waals surface area contributed by atoms with Gasteiger partial charge in [-0.3, -0.25) is 9.59 Å². The van der Waals surface area contributed by atoms with E-state index in [9.17, 15) is 9.59 Å². The van der Waals surface area contributed by atoms with Gasteiger partial charge >= 0.3 is 0 Å². The van der Waals surface area contributed by atoms with Crippen LogP contribution < -0.4 is 20.1 Å². The van der Waals surface area contributed by atoms with Gasteiger partial charge in [-0.05, 0) is 49.2 Å². The van der Waals surface area contributed by atoms with Gasteiger partial charge in [-0.1, -0.05) is 6.07 Å². The van der Waals surface area contributed by atoms with Crippen molar-refractivity contribution in [2.24, 2.45) is 0 Å². The van der Waals surface area contributed by atoms with E-state index in [-0.39, 0.29) is 24.8 Å². The molecule has 2 rings (SSSR count). The van der Waals surface area contributed by atoms with Crippen molar-refractivity contribution in [3.63, 3.8) is 0 Å². The van der Waals surface area contributed by atoms with Crippen molar-refractivity contribution in [1.29, 1.82) is 0 Å². The zero-order valence-corrected chi connectivity index (χ0v) is 15.9. The molecule has 0 atom stereocenters. The van der Waals surface area contributed by atoms with Gasteiger partial charge in [0, 0.05) is 25.1 Å². The summed E-state index contributed by atoms with van der Waals surface area (Å²) in [4.78, 5) is 28.1. The second kappa shape index (κ2) is 10.2. The average molecular weight is 371 g/mol. The molecular formula is C20H25N3O4. The lowest BCUT2D eigenvalue weighted by Gasteiger charge is -2.11. The number of methoxy groups -OCH3 is 2. The second-order valence-electron chi connectivity index (χ2n) is 5.99. The van der Waals surface area contributed by atoms with Gasteiger partial charge in [0.15, 0.2) is 0 Å². The summed E-state index contributed by atoms with van der Waals surface area (Å²) in [6.07, 6.45) is 1.00. The van der Waals surface area contributed by atoms with Crippen molar-refractivity contribution in [3.05, 3.63) is 47.7 Å². The maximum Gasteiger partial charge on any atom is 0.227 e. The first-order valence-electron chi connectivity index (χ1n) is 8.73. The normalized spacial score (nSPS) is 10.2. The lowest BCUT2D eigenvalue weighted by atomic mass is 10.1. The number of ether oxygens (including phenoxy) is 2. The van der Waals surface area contributed by atoms with Gasteiger partial charge in [-0.15, -0.1) is 0 Å². The van der Waals surface area contributed by atoms with Crippen LogP contribution >= 0.6 is 0 Å². The molecule has 1 aromatic heterocycles. The summed E-state index contributed by atoms with van der Waals surface area (Å²) in [6.45, 7) is 2.12. The van der Waals surface area contributed by atoms with E-state index in [1.54, 1.807) is 20.3 Å². The average Bonchev–Trinajstić information content (AvgIpc) is 2.66. The second-order valence-corrected chi connectivity index (χ2v) is 5.99. The molecule has 0 saturated heterocycles. The molecule has 27 heavy (non-hydrogen) atoms. The van der Waals surface area contributed by atoms with Gasteiger partial charge in [0.1, 0.15) is 17.3 Å². The van der Waals surface area contributed by atoms with E-state index in [1.165, 1.54) is 0 Å². The van der Waals surface area contributed by atoms with Crippen molar-refractivity contribution in [2.75, 3.05) is 26.1 Å². The minimum absolute atomic E-state index is 0.124. The molecule has 2 amide bonds. The summed E-state index contributed by atoms with van der Waals surface area (Å²) < 4.78 is 10.5. The Labute approximate surface area is 159 Å². The third-order valence-electron chi connectivity index (χ3n) is 3.94. The fourth-order valence-corrected chi connectivity index (χ4v) is 2.55. The highest BCUT2D eigenvalue weighted by atomic mass is 16.5. The van der Waals surface area contributed by atoms with Crippen LogP contribution in [0.25, 0.3) is 0 Å². The number of anilines is 1. The predicted octanol–water partition coefficient (Wildman–Crippen LogP) is 2.48. The monoisotopic (exact) mass is 371 g/mol. The molecule has 0 saturated carbocycles. The van der Waals surface area contributed by atoms with Crippen molar-refractivity contribution in [2.45, 2.75) is 26.2 Å². The number of nitrogens with zero attached hydrogens (tertiary/aromatic N) is 1. The Bertz CT molecular complexity index is 793. The molecule has 1 heterocycles. The summed E-state index contributed by atoms with van der Waals surface area (Å²) in [5, 5.41) is 5.47. The van der Waals surface area contributed by atoms with Crippen LogP contribution in [0.3, 0.4) is 0 Å². The van der Waals surface area contributed by atoms with Crippen LogP contribution in [0.1, 0.15) is 24.1 Å². The standard InChI is InChI=1S/C20H25N3O4/c1-14-5-4-6-18(22-14)23-20(25)11-12-21-19(24)10-7-15-13-16(26-2)8-9-17(15)27-3/h4-6,8-9,13H,7,10-12H2,1-3H3,(H,21,24)(H,22,23,25). The maximum atomic E-state index is 12.0. The van der Waals surface area contributed by atoms with E-state index < -0.39 is 0 Å². The van der Waals surface area contributed by atoms with E-state index >= 15 is 0 Å². The van der Waals surface area contributed by atoms with Crippen LogP contribution in [0.4, 0.5) is 5.82 Å². The molecule has 0 radical (unpaired) electrons. The van der Waals surface area contributed by atoms with Crippen LogP contribution in [0.2, 0.25) is 0 Å². The van der Waals surface area contributed by atoms with Gasteiger partial charge in [-0.25, -0.2) is 4.98 Å². The summed E-state index contributed by atoms with van der Waals surface area (Å²) in [5.41, 5.74) is 1.73. The SMILES string of the molecule is COc1ccc(OC)c(CCC(=O)NCCC(=O)Nc2cccc(C)n2)c1. The number of aromatic nitrogens is 1. The number of carbonyl (C=O) groups excluding carboxylic acids is 2. The molecule has 0 fully saturated rings. The molecule has 7 nitrogen and oxygen atoms in total. The number of hydrogen-bond donors (Lipinski definition) is 2. The fraction of sp³-hybridized carbons (Fsp3) is 0.350. The highest BCUT2D eigenvalue weighted by Crippen LogP contribution is 2.25. The number of carbonyl (C=O) groups is 2. The van der Waals surface area contributed by atoms with Crippen LogP contribution in [0.5, 0.6) is 11.5 Å². The Morgan fingerprint density at radius 3 is 2.56 bits per heavy atom. The third kappa shape index (κ3) is 6.62. The van der Waals surface area contributed by atoms with Gasteiger partial charge in [0.05, 0.1) is 14.2 Å². The van der Waals surface area contributed by atoms with E-state index in [2.05, 4.69) is 15.6 Å². The molecule has 0 spiro atoms. The number of hydrogen-bond acceptors (Lipinski definition) is 5. The van der Waals surface area contributed by atoms with Gasteiger partial charge in [0.2, 0.25) is 11.8 Å². The fourth-order valence-electron chi connectivity index (χ4n) is 2.55. The first kappa shape index (κ1) is 20.2. The third-order valence-corrected chi connectivity index (χ3v) is 3.94. The number of amides is 2. The van der Waals surface area contributed by atoms with Gasteiger partial charge in [0.25, 0.3) is 0 Å². The zero-order chi connectivity index (χ0) is 19.6. The molecule has 0 bridgehead atoms. The first-order valence-corrected chi connectivity index (χ1v) is 8.73. The number of nitrogens with one attached hydrogen (secondary N) is 2. The maximum absolute atomic E-state index is 12.0. The minimum atomic E-state index is -0.192. The Morgan fingerprint density at radius 2 is 1.85 bits per heavy atom. The Balaban J connectivity index is 1.74. The molecule has 0 unspecified atom stereocenters. The quantitative estimate of drug-likeness (QED) is 0.707. The Hall–Kier alpha value is -3.09. The highest BCUT2D eigenvalue weighted by Gasteiger charge is 2.09. The first-order chi connectivity index (χ1) is 13.0. The predicted molar refractivity (Wildman–Crippen MR) is 103 cm³/mol. The van der Waals surface area contributed by atoms with E-state index in [1.807, 2.05) is 37.3 Å². The van der Waals surface area contributed by atoms with E-state index in [0.717, 1.165) is 11.3 Å². The van der Waals surface area contributed by atoms with E-state index in [4.69, 9.17) is 9.47 Å².